The van der Waals surface area contributed by atoms with Gasteiger partial charge in [0.25, 0.3) is 0 Å². The normalized spacial score (nSPS) is 9.55. The number of benzene rings is 1. The number of carbonyl (C=O) groups is 1. The van der Waals surface area contributed by atoms with E-state index in [9.17, 15) is 4.79 Å². The van der Waals surface area contributed by atoms with Crippen LogP contribution in [0, 0.1) is 0 Å². The fraction of sp³-hybridized carbons (Fsp3) is 0.125. The van der Waals surface area contributed by atoms with E-state index in [-0.39, 0.29) is 20.9 Å². The average Bonchev–Trinajstić information content (AvgIpc) is 2.04. The van der Waals surface area contributed by atoms with E-state index in [0.717, 1.165) is 3.61 Å². The molecule has 0 spiro atoms. The van der Waals surface area contributed by atoms with Crippen LogP contribution in [-0.2, 0) is 0 Å². The predicted molar refractivity (Wildman–Crippen MR) is 44.7 cm³/mol. The van der Waals surface area contributed by atoms with E-state index in [2.05, 4.69) is 4.97 Å². The summed E-state index contributed by atoms with van der Waals surface area (Å²) < 4.78 is 1.02. The number of hydrogen-bond donors (Lipinski definition) is 1. The maximum absolute atomic E-state index is 10.6. The maximum atomic E-state index is 10.6. The molecule has 0 saturated carbocycles. The summed E-state index contributed by atoms with van der Waals surface area (Å²) in [6, 6.07) is 7.20. The Labute approximate surface area is 75.3 Å². The zero-order chi connectivity index (χ0) is 8.27. The topological polar surface area (TPSA) is 37.3 Å². The molecule has 3 heteroatoms. The van der Waals surface area contributed by atoms with Gasteiger partial charge in [0.15, 0.2) is 0 Å². The molecule has 0 aliphatic carbocycles. The average molecular weight is 264 g/mol. The van der Waals surface area contributed by atoms with E-state index < -0.39 is 5.97 Å². The summed E-state index contributed by atoms with van der Waals surface area (Å²) in [7, 11) is 0. The molecule has 0 aliphatic rings. The van der Waals surface area contributed by atoms with Crippen LogP contribution < -0.4 is 3.61 Å². The summed E-state index contributed by atoms with van der Waals surface area (Å²) in [6.45, 7) is 0. The summed E-state index contributed by atoms with van der Waals surface area (Å²) in [5.74, 6) is -0.812. The van der Waals surface area contributed by atoms with Crippen LogP contribution in [0.15, 0.2) is 24.3 Å². The third-order valence-corrected chi connectivity index (χ3v) is 3.61. The Hall–Kier alpha value is -0.520. The molecule has 0 heterocycles. The van der Waals surface area contributed by atoms with E-state index in [0.29, 0.717) is 5.56 Å². The molecule has 1 aromatic rings. The fourth-order valence-electron chi connectivity index (χ4n) is 0.821. The van der Waals surface area contributed by atoms with Crippen molar-refractivity contribution in [1.82, 2.24) is 0 Å². The molecule has 58 valence electrons. The monoisotopic (exact) mass is 266 g/mol. The summed E-state index contributed by atoms with van der Waals surface area (Å²) in [5, 5.41) is 8.72. The third kappa shape index (κ3) is 1.95. The van der Waals surface area contributed by atoms with Gasteiger partial charge < -0.3 is 0 Å². The van der Waals surface area contributed by atoms with Gasteiger partial charge in [-0.05, 0) is 0 Å². The Morgan fingerprint density at radius 1 is 1.45 bits per heavy atom. The first-order valence-electron chi connectivity index (χ1n) is 3.12. The molecular weight excluding hydrogens is 256 g/mol. The predicted octanol–water partition coefficient (Wildman–Crippen LogP) is 0.762. The van der Waals surface area contributed by atoms with Crippen LogP contribution >= 0.6 is 0 Å². The number of rotatable bonds is 2. The molecule has 2 nitrogen and oxygen atoms in total. The molecule has 0 saturated heterocycles. The quantitative estimate of drug-likeness (QED) is 0.800. The van der Waals surface area contributed by atoms with Gasteiger partial charge in [0.05, 0.1) is 0 Å². The van der Waals surface area contributed by atoms with Crippen LogP contribution in [0.3, 0.4) is 0 Å². The van der Waals surface area contributed by atoms with Gasteiger partial charge >= 0.3 is 75.2 Å². The first kappa shape index (κ1) is 8.58. The number of carboxylic acid groups (broad SMARTS) is 1. The Kier molecular flexibility index (Phi) is 2.92. The summed E-state index contributed by atoms with van der Waals surface area (Å²) in [4.78, 5) is 12.7. The van der Waals surface area contributed by atoms with Gasteiger partial charge in [-0.15, -0.1) is 0 Å². The molecule has 0 fully saturated rings. The summed E-state index contributed by atoms with van der Waals surface area (Å²) >= 11 is -0.289. The molecule has 1 aromatic carbocycles. The van der Waals surface area contributed by atoms with Crippen LogP contribution in [0.25, 0.3) is 0 Å². The second-order valence-electron chi connectivity index (χ2n) is 2.01. The number of carboxylic acids is 1. The molecule has 11 heavy (non-hydrogen) atoms. The third-order valence-electron chi connectivity index (χ3n) is 1.34. The number of aromatic carboxylic acids is 1. The Bertz CT molecular complexity index is 271. The van der Waals surface area contributed by atoms with Crippen molar-refractivity contribution >= 4 is 30.5 Å². The minimum atomic E-state index is -0.812. The molecule has 0 radical (unpaired) electrons. The van der Waals surface area contributed by atoms with Gasteiger partial charge in [0.1, 0.15) is 0 Å². The van der Waals surface area contributed by atoms with Gasteiger partial charge in [0, 0.05) is 0 Å². The molecule has 0 unspecified atom stereocenters. The molecular formula is C8H8O2Te. The van der Waals surface area contributed by atoms with E-state index in [4.69, 9.17) is 5.11 Å². The van der Waals surface area contributed by atoms with Crippen molar-refractivity contribution in [2.24, 2.45) is 0 Å². The second-order valence-corrected chi connectivity index (χ2v) is 4.43. The van der Waals surface area contributed by atoms with Crippen molar-refractivity contribution in [3.8, 4) is 0 Å². The molecule has 1 N–H and O–H groups in total. The van der Waals surface area contributed by atoms with Gasteiger partial charge in [-0.3, -0.25) is 0 Å². The van der Waals surface area contributed by atoms with E-state index in [1.165, 1.54) is 0 Å². The Morgan fingerprint density at radius 3 is 2.55 bits per heavy atom. The van der Waals surface area contributed by atoms with Crippen LogP contribution in [0.5, 0.6) is 0 Å². The SMILES string of the molecule is C[Te]c1ccccc1C(=O)O. The fourth-order valence-corrected chi connectivity index (χ4v) is 2.51. The van der Waals surface area contributed by atoms with Crippen LogP contribution in [-0.4, -0.2) is 32.0 Å². The van der Waals surface area contributed by atoms with E-state index in [1.807, 2.05) is 12.1 Å². The molecule has 1 rings (SSSR count). The molecule has 0 amide bonds. The van der Waals surface area contributed by atoms with Crippen molar-refractivity contribution in [2.45, 2.75) is 4.97 Å². The van der Waals surface area contributed by atoms with Gasteiger partial charge in [-0.2, -0.15) is 0 Å². The number of hydrogen-bond acceptors (Lipinski definition) is 1. The molecule has 0 atom stereocenters. The van der Waals surface area contributed by atoms with E-state index >= 15 is 0 Å². The zero-order valence-corrected chi connectivity index (χ0v) is 8.40. The van der Waals surface area contributed by atoms with Gasteiger partial charge in [-0.25, -0.2) is 0 Å². The van der Waals surface area contributed by atoms with Gasteiger partial charge in [0.2, 0.25) is 0 Å². The molecule has 0 bridgehead atoms. The van der Waals surface area contributed by atoms with Crippen molar-refractivity contribution in [3.63, 3.8) is 0 Å². The van der Waals surface area contributed by atoms with Crippen molar-refractivity contribution in [1.29, 1.82) is 0 Å². The minimum absolute atomic E-state index is 0.289. The summed E-state index contributed by atoms with van der Waals surface area (Å²) in [6.07, 6.45) is 0. The Morgan fingerprint density at radius 2 is 2.09 bits per heavy atom. The standard InChI is InChI=1S/C8H8O2Te/c1-11-7-5-3-2-4-6(7)8(9)10/h2-5H,1H3,(H,9,10). The van der Waals surface area contributed by atoms with Crippen LogP contribution in [0.1, 0.15) is 10.4 Å². The van der Waals surface area contributed by atoms with E-state index in [1.54, 1.807) is 12.1 Å². The summed E-state index contributed by atoms with van der Waals surface area (Å²) in [5.41, 5.74) is 0.470. The Balaban J connectivity index is 3.12. The first-order valence-corrected chi connectivity index (χ1v) is 6.61. The van der Waals surface area contributed by atoms with Crippen molar-refractivity contribution < 1.29 is 9.90 Å². The molecule has 0 aliphatic heterocycles. The molecule has 0 aromatic heterocycles. The van der Waals surface area contributed by atoms with Crippen molar-refractivity contribution in [3.05, 3.63) is 29.8 Å². The second kappa shape index (κ2) is 3.75. The first-order chi connectivity index (χ1) is 5.25. The van der Waals surface area contributed by atoms with Crippen LogP contribution in [0.4, 0.5) is 0 Å². The van der Waals surface area contributed by atoms with Gasteiger partial charge in [-0.1, -0.05) is 0 Å². The van der Waals surface area contributed by atoms with Crippen LogP contribution in [0.2, 0.25) is 4.97 Å². The zero-order valence-electron chi connectivity index (χ0n) is 6.07. The van der Waals surface area contributed by atoms with Crippen molar-refractivity contribution in [2.75, 3.05) is 0 Å².